The molecule has 4 rings (SSSR count). The number of fused-ring (bicyclic) bond motifs is 3. The predicted octanol–water partition coefficient (Wildman–Crippen LogP) is 4.74. The number of para-hydroxylation sites is 1. The molecule has 0 fully saturated rings. The molecule has 5 nitrogen and oxygen atoms in total. The summed E-state index contributed by atoms with van der Waals surface area (Å²) in [6.07, 6.45) is 1.66. The van der Waals surface area contributed by atoms with E-state index in [-0.39, 0.29) is 10.6 Å². The number of nitro groups is 1. The minimum absolute atomic E-state index is 0.0421. The van der Waals surface area contributed by atoms with Gasteiger partial charge in [-0.3, -0.25) is 14.7 Å². The van der Waals surface area contributed by atoms with Gasteiger partial charge < -0.3 is 0 Å². The van der Waals surface area contributed by atoms with Crippen LogP contribution in [0, 0.1) is 10.1 Å². The number of aromatic nitrogens is 2. The lowest BCUT2D eigenvalue weighted by Crippen LogP contribution is -1.99. The van der Waals surface area contributed by atoms with Gasteiger partial charge in [-0.1, -0.05) is 29.8 Å². The third-order valence-electron chi connectivity index (χ3n) is 3.80. The van der Waals surface area contributed by atoms with Gasteiger partial charge in [-0.25, -0.2) is 4.98 Å². The molecule has 0 amide bonds. The fourth-order valence-corrected chi connectivity index (χ4v) is 3.07. The number of rotatable bonds is 2. The number of nitrogens with zero attached hydrogens (tertiary/aromatic N) is 3. The summed E-state index contributed by atoms with van der Waals surface area (Å²) in [6, 6.07) is 16.0. The summed E-state index contributed by atoms with van der Waals surface area (Å²) in [4.78, 5) is 15.5. The highest BCUT2D eigenvalue weighted by molar-refractivity contribution is 6.32. The Kier molecular flexibility index (Phi) is 3.02. The van der Waals surface area contributed by atoms with Crippen molar-refractivity contribution in [3.8, 4) is 5.82 Å². The molecule has 0 spiro atoms. The molecule has 0 unspecified atom stereocenters. The highest BCUT2D eigenvalue weighted by atomic mass is 35.5. The third kappa shape index (κ3) is 2.05. The molecule has 0 radical (unpaired) electrons. The maximum Gasteiger partial charge on any atom is 0.293 e. The van der Waals surface area contributed by atoms with E-state index in [2.05, 4.69) is 4.98 Å². The van der Waals surface area contributed by atoms with E-state index in [0.29, 0.717) is 16.4 Å². The van der Waals surface area contributed by atoms with Crippen LogP contribution in [0.1, 0.15) is 0 Å². The molecule has 0 saturated heterocycles. The van der Waals surface area contributed by atoms with Crippen LogP contribution in [-0.4, -0.2) is 14.5 Å². The summed E-state index contributed by atoms with van der Waals surface area (Å²) >= 11 is 6.12. The van der Waals surface area contributed by atoms with Gasteiger partial charge in [0.05, 0.1) is 10.4 Å². The molecule has 0 bridgehead atoms. The molecule has 112 valence electrons. The number of halogens is 1. The Bertz CT molecular complexity index is 1060. The van der Waals surface area contributed by atoms with E-state index in [1.54, 1.807) is 22.9 Å². The van der Waals surface area contributed by atoms with Crippen molar-refractivity contribution < 1.29 is 4.92 Å². The summed E-state index contributed by atoms with van der Waals surface area (Å²) < 4.78 is 1.80. The summed E-state index contributed by atoms with van der Waals surface area (Å²) in [5.74, 6) is 0.629. The first-order valence-corrected chi connectivity index (χ1v) is 7.33. The van der Waals surface area contributed by atoms with Gasteiger partial charge in [-0.2, -0.15) is 0 Å². The van der Waals surface area contributed by atoms with Crippen molar-refractivity contribution in [2.75, 3.05) is 0 Å². The SMILES string of the molecule is O=[N+]([O-])c1cccc2c3cc(Cl)ccc3n(-c3ccccn3)c12. The zero-order chi connectivity index (χ0) is 16.0. The first kappa shape index (κ1) is 13.7. The molecular formula is C17H10ClN3O2. The first-order chi connectivity index (χ1) is 11.2. The predicted molar refractivity (Wildman–Crippen MR) is 90.2 cm³/mol. The van der Waals surface area contributed by atoms with Crippen molar-refractivity contribution in [1.29, 1.82) is 0 Å². The Labute approximate surface area is 135 Å². The van der Waals surface area contributed by atoms with Crippen molar-refractivity contribution >= 4 is 39.1 Å². The normalized spacial score (nSPS) is 11.2. The maximum atomic E-state index is 11.5. The van der Waals surface area contributed by atoms with Gasteiger partial charge in [-0.05, 0) is 30.3 Å². The van der Waals surface area contributed by atoms with E-state index in [1.807, 2.05) is 36.4 Å². The molecule has 0 aliphatic rings. The zero-order valence-corrected chi connectivity index (χ0v) is 12.6. The second-order valence-electron chi connectivity index (χ2n) is 5.12. The minimum Gasteiger partial charge on any atom is -0.288 e. The number of benzene rings is 2. The van der Waals surface area contributed by atoms with E-state index in [9.17, 15) is 10.1 Å². The molecule has 0 aliphatic heterocycles. The van der Waals surface area contributed by atoms with Crippen molar-refractivity contribution in [3.05, 3.63) is 75.9 Å². The van der Waals surface area contributed by atoms with Gasteiger partial charge in [0, 0.05) is 28.1 Å². The molecule has 0 aliphatic carbocycles. The number of non-ortho nitro benzene ring substituents is 1. The molecule has 0 saturated carbocycles. The van der Waals surface area contributed by atoms with Crippen molar-refractivity contribution in [2.45, 2.75) is 0 Å². The standard InChI is InChI=1S/C17H10ClN3O2/c18-11-7-8-14-13(10-11)12-4-3-5-15(21(22)23)17(12)20(14)16-6-1-2-9-19-16/h1-10H. The lowest BCUT2D eigenvalue weighted by atomic mass is 10.1. The van der Waals surface area contributed by atoms with Crippen LogP contribution in [0.25, 0.3) is 27.6 Å². The van der Waals surface area contributed by atoms with E-state index in [0.717, 1.165) is 16.3 Å². The molecule has 0 N–H and O–H groups in total. The fourth-order valence-electron chi connectivity index (χ4n) is 2.89. The van der Waals surface area contributed by atoms with Crippen LogP contribution in [0.2, 0.25) is 5.02 Å². The average molecular weight is 324 g/mol. The van der Waals surface area contributed by atoms with Crippen LogP contribution in [0.15, 0.2) is 60.8 Å². The highest BCUT2D eigenvalue weighted by Gasteiger charge is 2.21. The zero-order valence-electron chi connectivity index (χ0n) is 11.8. The smallest absolute Gasteiger partial charge is 0.288 e. The molecule has 2 aromatic carbocycles. The monoisotopic (exact) mass is 323 g/mol. The molecule has 2 aromatic heterocycles. The molecule has 4 aromatic rings. The summed E-state index contributed by atoms with van der Waals surface area (Å²) in [6.45, 7) is 0. The Morgan fingerprint density at radius 3 is 2.65 bits per heavy atom. The summed E-state index contributed by atoms with van der Waals surface area (Å²) in [5.41, 5.74) is 1.39. The molecule has 23 heavy (non-hydrogen) atoms. The van der Waals surface area contributed by atoms with Crippen LogP contribution in [0.3, 0.4) is 0 Å². The van der Waals surface area contributed by atoms with Gasteiger partial charge in [0.15, 0.2) is 0 Å². The van der Waals surface area contributed by atoms with Crippen molar-refractivity contribution in [3.63, 3.8) is 0 Å². The number of pyridine rings is 1. The molecule has 0 atom stereocenters. The van der Waals surface area contributed by atoms with Crippen LogP contribution < -0.4 is 0 Å². The van der Waals surface area contributed by atoms with Crippen molar-refractivity contribution in [2.24, 2.45) is 0 Å². The Morgan fingerprint density at radius 1 is 1.04 bits per heavy atom. The fraction of sp³-hybridized carbons (Fsp3) is 0. The van der Waals surface area contributed by atoms with Crippen molar-refractivity contribution in [1.82, 2.24) is 9.55 Å². The second kappa shape index (κ2) is 5.07. The number of hydrogen-bond donors (Lipinski definition) is 0. The topological polar surface area (TPSA) is 61.0 Å². The maximum absolute atomic E-state index is 11.5. The molecule has 2 heterocycles. The summed E-state index contributed by atoms with van der Waals surface area (Å²) in [5, 5.41) is 13.7. The van der Waals surface area contributed by atoms with E-state index >= 15 is 0 Å². The van der Waals surface area contributed by atoms with Gasteiger partial charge in [-0.15, -0.1) is 0 Å². The van der Waals surface area contributed by atoms with E-state index < -0.39 is 0 Å². The Morgan fingerprint density at radius 2 is 1.91 bits per heavy atom. The van der Waals surface area contributed by atoms with Gasteiger partial charge in [0.25, 0.3) is 5.69 Å². The van der Waals surface area contributed by atoms with Crippen LogP contribution in [-0.2, 0) is 0 Å². The lowest BCUT2D eigenvalue weighted by Gasteiger charge is -2.06. The third-order valence-corrected chi connectivity index (χ3v) is 4.04. The van der Waals surface area contributed by atoms with Gasteiger partial charge in [0.2, 0.25) is 0 Å². The van der Waals surface area contributed by atoms with Crippen LogP contribution in [0.4, 0.5) is 5.69 Å². The second-order valence-corrected chi connectivity index (χ2v) is 5.55. The summed E-state index contributed by atoms with van der Waals surface area (Å²) in [7, 11) is 0. The van der Waals surface area contributed by atoms with E-state index in [1.165, 1.54) is 6.07 Å². The number of nitro benzene ring substituents is 1. The van der Waals surface area contributed by atoms with E-state index in [4.69, 9.17) is 11.6 Å². The first-order valence-electron chi connectivity index (χ1n) is 6.95. The number of hydrogen-bond acceptors (Lipinski definition) is 3. The van der Waals surface area contributed by atoms with Gasteiger partial charge in [0.1, 0.15) is 11.3 Å². The van der Waals surface area contributed by atoms with Crippen LogP contribution in [0.5, 0.6) is 0 Å². The Hall–Kier alpha value is -2.92. The highest BCUT2D eigenvalue weighted by Crippen LogP contribution is 2.37. The quantitative estimate of drug-likeness (QED) is 0.395. The molecule has 6 heteroatoms. The minimum atomic E-state index is -0.373. The largest absolute Gasteiger partial charge is 0.293 e. The molecular weight excluding hydrogens is 314 g/mol. The van der Waals surface area contributed by atoms with Gasteiger partial charge >= 0.3 is 0 Å². The average Bonchev–Trinajstić information content (AvgIpc) is 2.89. The van der Waals surface area contributed by atoms with Crippen LogP contribution >= 0.6 is 11.6 Å². The Balaban J connectivity index is 2.27. The lowest BCUT2D eigenvalue weighted by molar-refractivity contribution is -0.383.